The second-order valence-corrected chi connectivity index (χ2v) is 7.27. The molecule has 2 N–H and O–H groups in total. The van der Waals surface area contributed by atoms with Crippen LogP contribution in [-0.4, -0.2) is 17.6 Å². The van der Waals surface area contributed by atoms with Gasteiger partial charge in [0.1, 0.15) is 5.01 Å². The van der Waals surface area contributed by atoms with Crippen LogP contribution in [0.3, 0.4) is 0 Å². The number of nitrogens with one attached hydrogen (secondary N) is 2. The lowest BCUT2D eigenvalue weighted by atomic mass is 10.1. The minimum Gasteiger partial charge on any atom is -0.337 e. The Morgan fingerprint density at radius 3 is 2.42 bits per heavy atom. The Morgan fingerprint density at radius 1 is 1.04 bits per heavy atom. The number of anilines is 1. The number of hydrogen-bond donors (Lipinski definition) is 2. The third kappa shape index (κ3) is 4.49. The average molecular weight is 366 g/mol. The number of rotatable bonds is 5. The Hall–Kier alpha value is -2.66. The minimum atomic E-state index is -0.184. The van der Waals surface area contributed by atoms with Gasteiger partial charge in [-0.15, -0.1) is 11.3 Å². The van der Waals surface area contributed by atoms with Gasteiger partial charge >= 0.3 is 6.03 Å². The molecule has 0 aliphatic carbocycles. The highest BCUT2D eigenvalue weighted by Crippen LogP contribution is 2.24. The first-order valence-electron chi connectivity index (χ1n) is 8.65. The van der Waals surface area contributed by atoms with Crippen molar-refractivity contribution in [1.82, 2.24) is 10.3 Å². The fraction of sp³-hybridized carbons (Fsp3) is 0.238. The van der Waals surface area contributed by atoms with E-state index in [2.05, 4.69) is 52.2 Å². The van der Waals surface area contributed by atoms with Crippen molar-refractivity contribution in [2.24, 2.45) is 0 Å². The van der Waals surface area contributed by atoms with Crippen LogP contribution in [0.1, 0.15) is 22.4 Å². The Balaban J connectivity index is 1.52. The lowest BCUT2D eigenvalue weighted by molar-refractivity contribution is 0.252. The van der Waals surface area contributed by atoms with Crippen LogP contribution in [0.25, 0.3) is 10.6 Å². The number of aromatic nitrogens is 1. The molecule has 0 spiro atoms. The summed E-state index contributed by atoms with van der Waals surface area (Å²) in [6, 6.07) is 14.2. The predicted molar refractivity (Wildman–Crippen MR) is 109 cm³/mol. The Kier molecular flexibility index (Phi) is 5.68. The second-order valence-electron chi connectivity index (χ2n) is 6.41. The number of aryl methyl sites for hydroxylation is 3. The van der Waals surface area contributed by atoms with E-state index in [-0.39, 0.29) is 6.03 Å². The summed E-state index contributed by atoms with van der Waals surface area (Å²) in [6.07, 6.45) is 0.711. The summed E-state index contributed by atoms with van der Waals surface area (Å²) in [5, 5.41) is 8.91. The lowest BCUT2D eigenvalue weighted by Crippen LogP contribution is -2.31. The van der Waals surface area contributed by atoms with Crippen LogP contribution in [0.5, 0.6) is 0 Å². The predicted octanol–water partition coefficient (Wildman–Crippen LogP) is 5.10. The molecule has 1 aromatic heterocycles. The summed E-state index contributed by atoms with van der Waals surface area (Å²) in [5.74, 6) is 0. The SMILES string of the molecule is Cc1ccc(-c2nc(CCNC(=O)Nc3c(C)cccc3C)cs2)cc1. The molecule has 0 saturated heterocycles. The van der Waals surface area contributed by atoms with Crippen LogP contribution in [0.2, 0.25) is 0 Å². The molecule has 0 fully saturated rings. The Labute approximate surface area is 158 Å². The van der Waals surface area contributed by atoms with Gasteiger partial charge in [-0.2, -0.15) is 0 Å². The van der Waals surface area contributed by atoms with E-state index >= 15 is 0 Å². The van der Waals surface area contributed by atoms with Crippen LogP contribution in [0.4, 0.5) is 10.5 Å². The zero-order valence-corrected chi connectivity index (χ0v) is 16.1. The third-order valence-corrected chi connectivity index (χ3v) is 5.18. The van der Waals surface area contributed by atoms with Crippen LogP contribution >= 0.6 is 11.3 Å². The van der Waals surface area contributed by atoms with Crippen molar-refractivity contribution in [3.63, 3.8) is 0 Å². The summed E-state index contributed by atoms with van der Waals surface area (Å²) >= 11 is 1.63. The number of carbonyl (C=O) groups excluding carboxylic acids is 1. The van der Waals surface area contributed by atoms with Gasteiger partial charge in [0.2, 0.25) is 0 Å². The fourth-order valence-electron chi connectivity index (χ4n) is 2.72. The molecule has 0 radical (unpaired) electrons. The molecular formula is C21H23N3OS. The van der Waals surface area contributed by atoms with E-state index in [0.29, 0.717) is 13.0 Å². The molecule has 3 rings (SSSR count). The quantitative estimate of drug-likeness (QED) is 0.661. The monoisotopic (exact) mass is 365 g/mol. The van der Waals surface area contributed by atoms with E-state index in [1.54, 1.807) is 11.3 Å². The van der Waals surface area contributed by atoms with Crippen molar-refractivity contribution in [3.05, 3.63) is 70.2 Å². The largest absolute Gasteiger partial charge is 0.337 e. The maximum absolute atomic E-state index is 12.1. The molecule has 0 bridgehead atoms. The molecule has 2 aromatic carbocycles. The van der Waals surface area contributed by atoms with E-state index in [1.165, 1.54) is 5.56 Å². The van der Waals surface area contributed by atoms with Gasteiger partial charge in [0.15, 0.2) is 0 Å². The number of carbonyl (C=O) groups is 1. The number of amides is 2. The van der Waals surface area contributed by atoms with Gasteiger partial charge in [-0.1, -0.05) is 48.0 Å². The minimum absolute atomic E-state index is 0.184. The van der Waals surface area contributed by atoms with E-state index in [0.717, 1.165) is 33.1 Å². The van der Waals surface area contributed by atoms with E-state index in [9.17, 15) is 4.79 Å². The molecule has 0 aliphatic rings. The zero-order valence-electron chi connectivity index (χ0n) is 15.3. The van der Waals surface area contributed by atoms with Gasteiger partial charge in [0.05, 0.1) is 5.69 Å². The van der Waals surface area contributed by atoms with Gasteiger partial charge < -0.3 is 10.6 Å². The van der Waals surface area contributed by atoms with Gasteiger partial charge in [0.25, 0.3) is 0 Å². The third-order valence-electron chi connectivity index (χ3n) is 4.24. The lowest BCUT2D eigenvalue weighted by Gasteiger charge is -2.12. The standard InChI is InChI=1S/C21H23N3OS/c1-14-7-9-17(10-8-14)20-23-18(13-26-20)11-12-22-21(25)24-19-15(2)5-4-6-16(19)3/h4-10,13H,11-12H2,1-3H3,(H2,22,24,25). The first-order chi connectivity index (χ1) is 12.5. The second kappa shape index (κ2) is 8.15. The number of benzene rings is 2. The van der Waals surface area contributed by atoms with Crippen molar-refractivity contribution in [3.8, 4) is 10.6 Å². The molecule has 26 heavy (non-hydrogen) atoms. The van der Waals surface area contributed by atoms with E-state index in [1.807, 2.05) is 32.0 Å². The first kappa shape index (κ1) is 18.1. The molecule has 4 nitrogen and oxygen atoms in total. The average Bonchev–Trinajstić information content (AvgIpc) is 3.08. The summed E-state index contributed by atoms with van der Waals surface area (Å²) in [6.45, 7) is 6.61. The highest BCUT2D eigenvalue weighted by molar-refractivity contribution is 7.13. The topological polar surface area (TPSA) is 54.0 Å². The number of nitrogens with zero attached hydrogens (tertiary/aromatic N) is 1. The Morgan fingerprint density at radius 2 is 1.73 bits per heavy atom. The molecular weight excluding hydrogens is 342 g/mol. The van der Waals surface area contributed by atoms with Crippen molar-refractivity contribution < 1.29 is 4.79 Å². The number of hydrogen-bond acceptors (Lipinski definition) is 3. The van der Waals surface area contributed by atoms with Crippen molar-refractivity contribution in [2.45, 2.75) is 27.2 Å². The van der Waals surface area contributed by atoms with Crippen molar-refractivity contribution in [1.29, 1.82) is 0 Å². The van der Waals surface area contributed by atoms with Gasteiger partial charge in [-0.05, 0) is 31.9 Å². The molecule has 0 aliphatic heterocycles. The van der Waals surface area contributed by atoms with E-state index < -0.39 is 0 Å². The van der Waals surface area contributed by atoms with Gasteiger partial charge in [0, 0.05) is 29.6 Å². The molecule has 3 aromatic rings. The highest BCUT2D eigenvalue weighted by Gasteiger charge is 2.08. The molecule has 0 unspecified atom stereocenters. The molecule has 2 amide bonds. The van der Waals surface area contributed by atoms with Crippen molar-refractivity contribution in [2.75, 3.05) is 11.9 Å². The van der Waals surface area contributed by atoms with Gasteiger partial charge in [-0.25, -0.2) is 9.78 Å². The molecule has 1 heterocycles. The summed E-state index contributed by atoms with van der Waals surface area (Å²) < 4.78 is 0. The smallest absolute Gasteiger partial charge is 0.319 e. The van der Waals surface area contributed by atoms with Gasteiger partial charge in [-0.3, -0.25) is 0 Å². The maximum atomic E-state index is 12.1. The number of urea groups is 1. The van der Waals surface area contributed by atoms with Crippen molar-refractivity contribution >= 4 is 23.1 Å². The number of para-hydroxylation sites is 1. The summed E-state index contributed by atoms with van der Waals surface area (Å²) in [7, 11) is 0. The molecule has 134 valence electrons. The van der Waals surface area contributed by atoms with E-state index in [4.69, 9.17) is 0 Å². The normalized spacial score (nSPS) is 10.6. The van der Waals surface area contributed by atoms with Crippen LogP contribution in [0, 0.1) is 20.8 Å². The summed E-state index contributed by atoms with van der Waals surface area (Å²) in [5.41, 5.74) is 6.36. The molecule has 5 heteroatoms. The highest BCUT2D eigenvalue weighted by atomic mass is 32.1. The fourth-order valence-corrected chi connectivity index (χ4v) is 3.58. The first-order valence-corrected chi connectivity index (χ1v) is 9.53. The maximum Gasteiger partial charge on any atom is 0.319 e. The molecule has 0 saturated carbocycles. The number of thiazole rings is 1. The van der Waals surface area contributed by atoms with Crippen LogP contribution < -0.4 is 10.6 Å². The van der Waals surface area contributed by atoms with Crippen LogP contribution in [0.15, 0.2) is 47.8 Å². The zero-order chi connectivity index (χ0) is 18.5. The molecule has 0 atom stereocenters. The Bertz CT molecular complexity index is 880. The van der Waals surface area contributed by atoms with Crippen LogP contribution in [-0.2, 0) is 6.42 Å². The summed E-state index contributed by atoms with van der Waals surface area (Å²) in [4.78, 5) is 16.8.